The van der Waals surface area contributed by atoms with Gasteiger partial charge in [-0.25, -0.2) is 0 Å². The molecule has 2 aromatic carbocycles. The first kappa shape index (κ1) is 15.2. The predicted octanol–water partition coefficient (Wildman–Crippen LogP) is 2.86. The Labute approximate surface area is 134 Å². The van der Waals surface area contributed by atoms with Gasteiger partial charge >= 0.3 is 5.97 Å². The standard InChI is InChI=1S/C19H16O4/c1-23-18(22)19(12-16(20)13-7-3-2-4-8-13)11-14-9-5-6-10-15(14)17(19)21/h2-10H,11-12H2,1H3. The number of ketones is 2. The minimum Gasteiger partial charge on any atom is -0.468 e. The maximum atomic E-state index is 12.8. The largest absolute Gasteiger partial charge is 0.468 e. The Balaban J connectivity index is 1.99. The minimum atomic E-state index is -1.45. The highest BCUT2D eigenvalue weighted by Crippen LogP contribution is 2.41. The van der Waals surface area contributed by atoms with Gasteiger partial charge in [-0.15, -0.1) is 0 Å². The van der Waals surface area contributed by atoms with Crippen molar-refractivity contribution in [2.75, 3.05) is 7.11 Å². The Hall–Kier alpha value is -2.75. The highest BCUT2D eigenvalue weighted by molar-refractivity contribution is 6.18. The van der Waals surface area contributed by atoms with Crippen molar-refractivity contribution in [3.05, 3.63) is 71.3 Å². The second kappa shape index (κ2) is 5.80. The summed E-state index contributed by atoms with van der Waals surface area (Å²) in [6.45, 7) is 0. The van der Waals surface area contributed by atoms with Crippen LogP contribution in [-0.2, 0) is 16.0 Å². The lowest BCUT2D eigenvalue weighted by Crippen LogP contribution is -2.40. The molecule has 1 atom stereocenters. The average molecular weight is 308 g/mol. The quantitative estimate of drug-likeness (QED) is 0.495. The number of Topliss-reactive ketones (excluding diaryl/α,β-unsaturated/α-hetero) is 2. The molecule has 0 spiro atoms. The molecule has 0 aromatic heterocycles. The molecule has 4 heteroatoms. The number of hydrogen-bond acceptors (Lipinski definition) is 4. The molecule has 3 rings (SSSR count). The number of esters is 1. The molecular formula is C19H16O4. The van der Waals surface area contributed by atoms with Gasteiger partial charge in [0, 0.05) is 17.5 Å². The first-order valence-electron chi connectivity index (χ1n) is 7.38. The molecule has 0 radical (unpaired) electrons. The van der Waals surface area contributed by atoms with E-state index < -0.39 is 11.4 Å². The fourth-order valence-electron chi connectivity index (χ4n) is 3.13. The van der Waals surface area contributed by atoms with Gasteiger partial charge in [-0.1, -0.05) is 54.6 Å². The average Bonchev–Trinajstić information content (AvgIpc) is 2.88. The smallest absolute Gasteiger partial charge is 0.320 e. The van der Waals surface area contributed by atoms with Crippen LogP contribution in [0.2, 0.25) is 0 Å². The molecule has 1 aliphatic rings. The molecule has 0 aliphatic heterocycles. The van der Waals surface area contributed by atoms with Crippen LogP contribution < -0.4 is 0 Å². The third kappa shape index (κ3) is 2.46. The lowest BCUT2D eigenvalue weighted by Gasteiger charge is -2.23. The number of carbonyl (C=O) groups is 3. The Morgan fingerprint density at radius 3 is 2.35 bits per heavy atom. The van der Waals surface area contributed by atoms with Gasteiger partial charge in [0.1, 0.15) is 5.41 Å². The summed E-state index contributed by atoms with van der Waals surface area (Å²) in [5.41, 5.74) is 0.313. The van der Waals surface area contributed by atoms with Crippen LogP contribution in [0, 0.1) is 5.41 Å². The number of rotatable bonds is 4. The summed E-state index contributed by atoms with van der Waals surface area (Å²) >= 11 is 0. The fraction of sp³-hybridized carbons (Fsp3) is 0.211. The molecule has 0 fully saturated rings. The highest BCUT2D eigenvalue weighted by Gasteiger charge is 2.53. The summed E-state index contributed by atoms with van der Waals surface area (Å²) < 4.78 is 4.86. The third-order valence-corrected chi connectivity index (χ3v) is 4.32. The van der Waals surface area contributed by atoms with E-state index in [1.807, 2.05) is 18.2 Å². The summed E-state index contributed by atoms with van der Waals surface area (Å²) in [6.07, 6.45) is 0.0183. The zero-order chi connectivity index (χ0) is 16.4. The zero-order valence-electron chi connectivity index (χ0n) is 12.7. The summed E-state index contributed by atoms with van der Waals surface area (Å²) in [4.78, 5) is 37.8. The third-order valence-electron chi connectivity index (χ3n) is 4.32. The van der Waals surface area contributed by atoms with Crippen molar-refractivity contribution in [2.45, 2.75) is 12.8 Å². The molecule has 0 heterocycles. The van der Waals surface area contributed by atoms with Crippen molar-refractivity contribution in [2.24, 2.45) is 5.41 Å². The molecule has 0 saturated carbocycles. The zero-order valence-corrected chi connectivity index (χ0v) is 12.7. The van der Waals surface area contributed by atoms with E-state index in [2.05, 4.69) is 0 Å². The Bertz CT molecular complexity index is 779. The summed E-state index contributed by atoms with van der Waals surface area (Å²) in [5.74, 6) is -1.22. The van der Waals surface area contributed by atoms with E-state index in [0.29, 0.717) is 11.1 Å². The number of hydrogen-bond donors (Lipinski definition) is 0. The van der Waals surface area contributed by atoms with Crippen molar-refractivity contribution < 1.29 is 19.1 Å². The summed E-state index contributed by atoms with van der Waals surface area (Å²) in [6, 6.07) is 15.7. The van der Waals surface area contributed by atoms with Crippen LogP contribution in [0.15, 0.2) is 54.6 Å². The lowest BCUT2D eigenvalue weighted by molar-refractivity contribution is -0.149. The molecule has 1 aliphatic carbocycles. The molecule has 0 bridgehead atoms. The first-order chi connectivity index (χ1) is 11.1. The molecule has 0 saturated heterocycles. The maximum Gasteiger partial charge on any atom is 0.320 e. The van der Waals surface area contributed by atoms with Crippen molar-refractivity contribution in [3.63, 3.8) is 0 Å². The van der Waals surface area contributed by atoms with Gasteiger partial charge < -0.3 is 4.74 Å². The van der Waals surface area contributed by atoms with E-state index in [0.717, 1.165) is 5.56 Å². The van der Waals surface area contributed by atoms with Gasteiger partial charge in [-0.3, -0.25) is 14.4 Å². The van der Waals surface area contributed by atoms with Gasteiger partial charge in [0.15, 0.2) is 11.6 Å². The van der Waals surface area contributed by atoms with Crippen molar-refractivity contribution in [3.8, 4) is 0 Å². The van der Waals surface area contributed by atoms with Crippen LogP contribution in [0.3, 0.4) is 0 Å². The molecular weight excluding hydrogens is 292 g/mol. The Morgan fingerprint density at radius 2 is 1.70 bits per heavy atom. The fourth-order valence-corrected chi connectivity index (χ4v) is 3.13. The Kier molecular flexibility index (Phi) is 3.82. The van der Waals surface area contributed by atoms with Crippen molar-refractivity contribution in [1.82, 2.24) is 0 Å². The molecule has 0 N–H and O–H groups in total. The van der Waals surface area contributed by atoms with Gasteiger partial charge in [-0.05, 0) is 12.0 Å². The molecule has 4 nitrogen and oxygen atoms in total. The van der Waals surface area contributed by atoms with Crippen LogP contribution in [0.4, 0.5) is 0 Å². The van der Waals surface area contributed by atoms with E-state index in [4.69, 9.17) is 4.74 Å². The van der Waals surface area contributed by atoms with Crippen LogP contribution in [-0.4, -0.2) is 24.6 Å². The lowest BCUT2D eigenvalue weighted by atomic mass is 9.78. The van der Waals surface area contributed by atoms with Gasteiger partial charge in [0.05, 0.1) is 7.11 Å². The van der Waals surface area contributed by atoms with E-state index in [-0.39, 0.29) is 24.4 Å². The summed E-state index contributed by atoms with van der Waals surface area (Å²) in [5, 5.41) is 0. The molecule has 2 aromatic rings. The van der Waals surface area contributed by atoms with Gasteiger partial charge in [-0.2, -0.15) is 0 Å². The number of fused-ring (bicyclic) bond motifs is 1. The van der Waals surface area contributed by atoms with E-state index in [1.54, 1.807) is 36.4 Å². The monoisotopic (exact) mass is 308 g/mol. The van der Waals surface area contributed by atoms with E-state index in [9.17, 15) is 14.4 Å². The second-order valence-electron chi connectivity index (χ2n) is 5.70. The van der Waals surface area contributed by atoms with Crippen molar-refractivity contribution >= 4 is 17.5 Å². The van der Waals surface area contributed by atoms with Crippen molar-refractivity contribution in [1.29, 1.82) is 0 Å². The topological polar surface area (TPSA) is 60.4 Å². The van der Waals surface area contributed by atoms with E-state index >= 15 is 0 Å². The minimum absolute atomic E-state index is 0.183. The first-order valence-corrected chi connectivity index (χ1v) is 7.38. The summed E-state index contributed by atoms with van der Waals surface area (Å²) in [7, 11) is 1.24. The van der Waals surface area contributed by atoms with Gasteiger partial charge in [0.25, 0.3) is 0 Å². The van der Waals surface area contributed by atoms with Crippen LogP contribution in [0.25, 0.3) is 0 Å². The molecule has 1 unspecified atom stereocenters. The van der Waals surface area contributed by atoms with Crippen LogP contribution in [0.1, 0.15) is 32.7 Å². The number of carbonyl (C=O) groups excluding carboxylic acids is 3. The Morgan fingerprint density at radius 1 is 1.04 bits per heavy atom. The molecule has 116 valence electrons. The van der Waals surface area contributed by atoms with Gasteiger partial charge in [0.2, 0.25) is 0 Å². The second-order valence-corrected chi connectivity index (χ2v) is 5.70. The molecule has 23 heavy (non-hydrogen) atoms. The predicted molar refractivity (Wildman–Crippen MR) is 84.3 cm³/mol. The molecule has 0 amide bonds. The SMILES string of the molecule is COC(=O)C1(CC(=O)c2ccccc2)Cc2ccccc2C1=O. The van der Waals surface area contributed by atoms with Crippen LogP contribution in [0.5, 0.6) is 0 Å². The number of methoxy groups -OCH3 is 1. The maximum absolute atomic E-state index is 12.8. The normalized spacial score (nSPS) is 19.3. The number of benzene rings is 2. The van der Waals surface area contributed by atoms with Crippen LogP contribution >= 0.6 is 0 Å². The highest BCUT2D eigenvalue weighted by atomic mass is 16.5. The van der Waals surface area contributed by atoms with E-state index in [1.165, 1.54) is 7.11 Å². The number of ether oxygens (including phenoxy) is 1.